The van der Waals surface area contributed by atoms with Crippen molar-refractivity contribution in [2.45, 2.75) is 13.3 Å². The number of carbonyl (C=O) groups excluding carboxylic acids is 1. The lowest BCUT2D eigenvalue weighted by Gasteiger charge is -2.01. The summed E-state index contributed by atoms with van der Waals surface area (Å²) in [4.78, 5) is 17.4. The van der Waals surface area contributed by atoms with Crippen LogP contribution in [0.4, 0.5) is 0 Å². The molecule has 0 saturated carbocycles. The van der Waals surface area contributed by atoms with Gasteiger partial charge in [-0.3, -0.25) is 4.79 Å². The van der Waals surface area contributed by atoms with Crippen molar-refractivity contribution in [3.05, 3.63) is 85.3 Å². The summed E-state index contributed by atoms with van der Waals surface area (Å²) >= 11 is 13.5. The molecule has 0 atom stereocenters. The molecule has 0 bridgehead atoms. The maximum absolute atomic E-state index is 12.4. The topological polar surface area (TPSA) is 54.4 Å². The minimum atomic E-state index is -0.307. The van der Waals surface area contributed by atoms with Gasteiger partial charge in [-0.05, 0) is 24.6 Å². The molecule has 1 N–H and O–H groups in total. The third-order valence-electron chi connectivity index (χ3n) is 3.60. The Morgan fingerprint density at radius 3 is 2.54 bits per heavy atom. The number of carbonyl (C=O) groups is 1. The fourth-order valence-electron chi connectivity index (χ4n) is 2.35. The van der Waals surface area contributed by atoms with E-state index in [9.17, 15) is 4.79 Å². The molecule has 0 radical (unpaired) electrons. The maximum Gasteiger partial charge on any atom is 0.283 e. The zero-order chi connectivity index (χ0) is 18.5. The Morgan fingerprint density at radius 2 is 1.85 bits per heavy atom. The monoisotopic (exact) mass is 403 g/mol. The normalized spacial score (nSPS) is 11.0. The number of amides is 1. The molecule has 0 aliphatic heterocycles. The van der Waals surface area contributed by atoms with Gasteiger partial charge in [0, 0.05) is 12.0 Å². The molecule has 3 aromatic rings. The number of aryl methyl sites for hydroxylation is 1. The van der Waals surface area contributed by atoms with E-state index in [1.54, 1.807) is 18.2 Å². The van der Waals surface area contributed by atoms with Crippen molar-refractivity contribution >= 4 is 46.7 Å². The number of hydrogen-bond donors (Lipinski definition) is 1. The summed E-state index contributed by atoms with van der Waals surface area (Å²) in [6, 6.07) is 15.2. The van der Waals surface area contributed by atoms with Crippen LogP contribution < -0.4 is 5.43 Å². The fraction of sp³-hybridized carbons (Fsp3) is 0.105. The molecular weight excluding hydrogens is 389 g/mol. The number of aromatic nitrogens is 1. The Kier molecular flexibility index (Phi) is 6.04. The van der Waals surface area contributed by atoms with E-state index < -0.39 is 0 Å². The molecule has 1 amide bonds. The van der Waals surface area contributed by atoms with E-state index in [-0.39, 0.29) is 5.91 Å². The van der Waals surface area contributed by atoms with Crippen LogP contribution in [0.25, 0.3) is 0 Å². The largest absolute Gasteiger partial charge is 0.283 e. The number of halogens is 2. The summed E-state index contributed by atoms with van der Waals surface area (Å²) in [6.45, 7) is 1.81. The van der Waals surface area contributed by atoms with Crippen molar-refractivity contribution < 1.29 is 4.79 Å². The lowest BCUT2D eigenvalue weighted by molar-refractivity contribution is 0.0958. The first-order valence-electron chi connectivity index (χ1n) is 7.82. The second kappa shape index (κ2) is 8.45. The minimum absolute atomic E-state index is 0.307. The number of hydrogen-bond acceptors (Lipinski definition) is 4. The van der Waals surface area contributed by atoms with Gasteiger partial charge in [-0.1, -0.05) is 59.6 Å². The Bertz CT molecular complexity index is 934. The van der Waals surface area contributed by atoms with Crippen LogP contribution in [0.5, 0.6) is 0 Å². The average Bonchev–Trinajstić information content (AvgIpc) is 2.98. The summed E-state index contributed by atoms with van der Waals surface area (Å²) < 4.78 is 0. The molecule has 26 heavy (non-hydrogen) atoms. The summed E-state index contributed by atoms with van der Waals surface area (Å²) in [6.07, 6.45) is 2.13. The highest BCUT2D eigenvalue weighted by atomic mass is 35.5. The predicted molar refractivity (Wildman–Crippen MR) is 108 cm³/mol. The molecule has 0 spiro atoms. The van der Waals surface area contributed by atoms with E-state index in [4.69, 9.17) is 23.2 Å². The van der Waals surface area contributed by atoms with Crippen LogP contribution in [0.1, 0.15) is 31.5 Å². The molecule has 4 nitrogen and oxygen atoms in total. The van der Waals surface area contributed by atoms with Crippen molar-refractivity contribution in [2.75, 3.05) is 0 Å². The Hall–Kier alpha value is -2.21. The van der Waals surface area contributed by atoms with Crippen LogP contribution in [0.2, 0.25) is 10.0 Å². The molecule has 7 heteroatoms. The Morgan fingerprint density at radius 1 is 1.15 bits per heavy atom. The van der Waals surface area contributed by atoms with Crippen molar-refractivity contribution in [2.24, 2.45) is 5.10 Å². The van der Waals surface area contributed by atoms with E-state index in [0.29, 0.717) is 32.6 Å². The number of nitrogens with one attached hydrogen (secondary N) is 1. The third-order valence-corrected chi connectivity index (χ3v) is 5.42. The zero-order valence-corrected chi connectivity index (χ0v) is 16.2. The van der Waals surface area contributed by atoms with Crippen molar-refractivity contribution in [3.8, 4) is 0 Å². The molecule has 1 aromatic heterocycles. The van der Waals surface area contributed by atoms with Gasteiger partial charge in [0.15, 0.2) is 0 Å². The smallest absolute Gasteiger partial charge is 0.266 e. The Labute approximate surface area is 165 Å². The average molecular weight is 404 g/mol. The molecule has 0 aliphatic carbocycles. The SMILES string of the molecule is Cc1nc(Cc2ccccc2)sc1C(=O)N/N=C\c1c(Cl)cccc1Cl. The number of nitrogens with zero attached hydrogens (tertiary/aromatic N) is 2. The lowest BCUT2D eigenvalue weighted by atomic mass is 10.2. The van der Waals surface area contributed by atoms with Crippen LogP contribution in [0.3, 0.4) is 0 Å². The molecule has 2 aromatic carbocycles. The van der Waals surface area contributed by atoms with E-state index in [1.165, 1.54) is 17.6 Å². The molecule has 3 rings (SSSR count). The standard InChI is InChI=1S/C19H15Cl2N3OS/c1-12-18(26-17(23-12)10-13-6-3-2-4-7-13)19(25)24-22-11-14-15(20)8-5-9-16(14)21/h2-9,11H,10H2,1H3,(H,24,25)/b22-11-. The predicted octanol–water partition coefficient (Wildman–Crippen LogP) is 5.11. The molecule has 0 fully saturated rings. The highest BCUT2D eigenvalue weighted by molar-refractivity contribution is 7.13. The van der Waals surface area contributed by atoms with Crippen LogP contribution in [-0.4, -0.2) is 17.1 Å². The van der Waals surface area contributed by atoms with E-state index >= 15 is 0 Å². The number of benzene rings is 2. The van der Waals surface area contributed by atoms with Gasteiger partial charge in [0.25, 0.3) is 5.91 Å². The fourth-order valence-corrected chi connectivity index (χ4v) is 3.83. The summed E-state index contributed by atoms with van der Waals surface area (Å²) in [5.41, 5.74) is 4.90. The summed E-state index contributed by atoms with van der Waals surface area (Å²) in [5.74, 6) is -0.307. The minimum Gasteiger partial charge on any atom is -0.266 e. The highest BCUT2D eigenvalue weighted by Crippen LogP contribution is 2.23. The number of hydrazone groups is 1. The first kappa shape index (κ1) is 18.6. The van der Waals surface area contributed by atoms with Crippen LogP contribution in [0, 0.1) is 6.92 Å². The zero-order valence-electron chi connectivity index (χ0n) is 13.9. The first-order valence-corrected chi connectivity index (χ1v) is 9.39. The molecule has 0 saturated heterocycles. The van der Waals surface area contributed by atoms with E-state index in [1.807, 2.05) is 37.3 Å². The second-order valence-electron chi connectivity index (χ2n) is 5.52. The van der Waals surface area contributed by atoms with E-state index in [2.05, 4.69) is 15.5 Å². The first-order chi connectivity index (χ1) is 12.5. The molecule has 132 valence electrons. The third kappa shape index (κ3) is 4.49. The molecule has 0 unspecified atom stereocenters. The molecule has 1 heterocycles. The van der Waals surface area contributed by atoms with Gasteiger partial charge in [0.1, 0.15) is 4.88 Å². The second-order valence-corrected chi connectivity index (χ2v) is 7.42. The number of rotatable bonds is 5. The van der Waals surface area contributed by atoms with Crippen molar-refractivity contribution in [3.63, 3.8) is 0 Å². The van der Waals surface area contributed by atoms with E-state index in [0.717, 1.165) is 10.6 Å². The summed E-state index contributed by atoms with van der Waals surface area (Å²) in [5, 5.41) is 5.78. The highest BCUT2D eigenvalue weighted by Gasteiger charge is 2.15. The van der Waals surface area contributed by atoms with Crippen molar-refractivity contribution in [1.82, 2.24) is 10.4 Å². The van der Waals surface area contributed by atoms with Gasteiger partial charge >= 0.3 is 0 Å². The van der Waals surface area contributed by atoms with Gasteiger partial charge < -0.3 is 0 Å². The van der Waals surface area contributed by atoms with Crippen LogP contribution in [-0.2, 0) is 6.42 Å². The van der Waals surface area contributed by atoms with Gasteiger partial charge in [-0.15, -0.1) is 11.3 Å². The quantitative estimate of drug-likeness (QED) is 0.475. The number of thiazole rings is 1. The summed E-state index contributed by atoms with van der Waals surface area (Å²) in [7, 11) is 0. The maximum atomic E-state index is 12.4. The van der Waals surface area contributed by atoms with Gasteiger partial charge in [0.05, 0.1) is 27.0 Å². The molecule has 0 aliphatic rings. The van der Waals surface area contributed by atoms with Gasteiger partial charge in [-0.2, -0.15) is 5.10 Å². The Balaban J connectivity index is 1.69. The lowest BCUT2D eigenvalue weighted by Crippen LogP contribution is -2.17. The van der Waals surface area contributed by atoms with Gasteiger partial charge in [0.2, 0.25) is 0 Å². The van der Waals surface area contributed by atoms with Gasteiger partial charge in [-0.25, -0.2) is 10.4 Å². The van der Waals surface area contributed by atoms with Crippen LogP contribution >= 0.6 is 34.5 Å². The molecular formula is C19H15Cl2N3OS. The van der Waals surface area contributed by atoms with Crippen LogP contribution in [0.15, 0.2) is 53.6 Å². The van der Waals surface area contributed by atoms with Crippen molar-refractivity contribution in [1.29, 1.82) is 0 Å².